The van der Waals surface area contributed by atoms with Crippen LogP contribution in [0.4, 0.5) is 0 Å². The van der Waals surface area contributed by atoms with E-state index >= 15 is 0 Å². The lowest BCUT2D eigenvalue weighted by atomic mass is 10.1. The summed E-state index contributed by atoms with van der Waals surface area (Å²) >= 11 is 0. The highest BCUT2D eigenvalue weighted by Gasteiger charge is 1.98. The summed E-state index contributed by atoms with van der Waals surface area (Å²) in [4.78, 5) is 0. The Bertz CT molecular complexity index is 135. The predicted octanol–water partition coefficient (Wildman–Crippen LogP) is 2.09. The Balaban J connectivity index is 3.62. The molecule has 2 heteroatoms. The average molecular weight is 139 g/mol. The van der Waals surface area contributed by atoms with E-state index in [4.69, 9.17) is 5.26 Å². The number of rotatable bonds is 4. The van der Waals surface area contributed by atoms with Gasteiger partial charge in [0.05, 0.1) is 25.4 Å². The van der Waals surface area contributed by atoms with Crippen molar-refractivity contribution >= 4 is 0 Å². The fourth-order valence-corrected chi connectivity index (χ4v) is 0.688. The zero-order valence-corrected chi connectivity index (χ0v) is 6.50. The summed E-state index contributed by atoms with van der Waals surface area (Å²) in [5.41, 5.74) is 0. The van der Waals surface area contributed by atoms with Crippen molar-refractivity contribution in [1.82, 2.24) is 0 Å². The average Bonchev–Trinajstić information content (AvgIpc) is 1.98. The first-order valence-electron chi connectivity index (χ1n) is 3.44. The van der Waals surface area contributed by atoms with Crippen LogP contribution in [0.2, 0.25) is 0 Å². The molecule has 1 atom stereocenters. The molecule has 0 aromatic carbocycles. The molecule has 0 aliphatic carbocycles. The van der Waals surface area contributed by atoms with Crippen LogP contribution in [-0.4, -0.2) is 7.11 Å². The summed E-state index contributed by atoms with van der Waals surface area (Å²) in [5.74, 6) is 0.0185. The van der Waals surface area contributed by atoms with Crippen molar-refractivity contribution in [2.45, 2.75) is 19.8 Å². The van der Waals surface area contributed by atoms with Crippen LogP contribution in [0.25, 0.3) is 0 Å². The minimum atomic E-state index is 0.0185. The molecule has 0 aromatic heterocycles. The number of hydrogen-bond donors (Lipinski definition) is 0. The van der Waals surface area contributed by atoms with Gasteiger partial charge in [0.15, 0.2) is 0 Å². The number of hydrogen-bond acceptors (Lipinski definition) is 2. The summed E-state index contributed by atoms with van der Waals surface area (Å²) in [6, 6.07) is 2.17. The van der Waals surface area contributed by atoms with E-state index in [9.17, 15) is 0 Å². The van der Waals surface area contributed by atoms with Crippen LogP contribution < -0.4 is 0 Å². The van der Waals surface area contributed by atoms with E-state index in [0.29, 0.717) is 0 Å². The van der Waals surface area contributed by atoms with Crippen LogP contribution in [0.3, 0.4) is 0 Å². The first-order chi connectivity index (χ1) is 4.85. The number of allylic oxidation sites excluding steroid dienone is 1. The second-order valence-electron chi connectivity index (χ2n) is 2.09. The minimum absolute atomic E-state index is 0.0185. The van der Waals surface area contributed by atoms with Gasteiger partial charge in [-0.1, -0.05) is 13.3 Å². The van der Waals surface area contributed by atoms with Crippen molar-refractivity contribution in [3.63, 3.8) is 0 Å². The van der Waals surface area contributed by atoms with Gasteiger partial charge in [0, 0.05) is 0 Å². The van der Waals surface area contributed by atoms with E-state index in [1.807, 2.05) is 0 Å². The number of ether oxygens (including phenoxy) is 1. The summed E-state index contributed by atoms with van der Waals surface area (Å²) in [6.45, 7) is 2.06. The third kappa shape index (κ3) is 3.96. The van der Waals surface area contributed by atoms with Gasteiger partial charge in [0.2, 0.25) is 0 Å². The monoisotopic (exact) mass is 139 g/mol. The van der Waals surface area contributed by atoms with Crippen LogP contribution in [0.5, 0.6) is 0 Å². The van der Waals surface area contributed by atoms with E-state index in [1.54, 1.807) is 19.4 Å². The molecule has 0 N–H and O–H groups in total. The predicted molar refractivity (Wildman–Crippen MR) is 40.2 cm³/mol. The fourth-order valence-electron chi connectivity index (χ4n) is 0.688. The minimum Gasteiger partial charge on any atom is -0.505 e. The molecule has 0 fully saturated rings. The molecule has 2 nitrogen and oxygen atoms in total. The normalized spacial score (nSPS) is 12.9. The van der Waals surface area contributed by atoms with Crippen molar-refractivity contribution in [2.75, 3.05) is 7.11 Å². The number of methoxy groups -OCH3 is 1. The van der Waals surface area contributed by atoms with Gasteiger partial charge in [-0.2, -0.15) is 5.26 Å². The third-order valence-electron chi connectivity index (χ3n) is 1.21. The topological polar surface area (TPSA) is 33.0 Å². The van der Waals surface area contributed by atoms with E-state index in [-0.39, 0.29) is 5.92 Å². The quantitative estimate of drug-likeness (QED) is 0.559. The zero-order valence-electron chi connectivity index (χ0n) is 6.50. The highest BCUT2D eigenvalue weighted by atomic mass is 16.5. The third-order valence-corrected chi connectivity index (χ3v) is 1.21. The molecule has 0 amide bonds. The highest BCUT2D eigenvalue weighted by Crippen LogP contribution is 2.05. The van der Waals surface area contributed by atoms with Gasteiger partial charge < -0.3 is 4.74 Å². The maximum atomic E-state index is 8.53. The smallest absolute Gasteiger partial charge is 0.0797 e. The summed E-state index contributed by atoms with van der Waals surface area (Å²) < 4.78 is 4.69. The van der Waals surface area contributed by atoms with Gasteiger partial charge >= 0.3 is 0 Å². The Morgan fingerprint density at radius 1 is 1.70 bits per heavy atom. The molecule has 0 radical (unpaired) electrons. The Kier molecular flexibility index (Phi) is 5.56. The Morgan fingerprint density at radius 2 is 2.40 bits per heavy atom. The largest absolute Gasteiger partial charge is 0.505 e. The second-order valence-corrected chi connectivity index (χ2v) is 2.09. The molecule has 0 aromatic rings. The lowest BCUT2D eigenvalue weighted by Gasteiger charge is -1.97. The van der Waals surface area contributed by atoms with Gasteiger partial charge in [-0.3, -0.25) is 0 Å². The maximum absolute atomic E-state index is 8.53. The molecule has 0 spiro atoms. The second kappa shape index (κ2) is 6.15. The van der Waals surface area contributed by atoms with Gasteiger partial charge in [0.1, 0.15) is 0 Å². The first-order valence-corrected chi connectivity index (χ1v) is 3.44. The van der Waals surface area contributed by atoms with Crippen molar-refractivity contribution in [1.29, 1.82) is 5.26 Å². The SMILES string of the molecule is CCCC(C#N)/C=C/OC. The fraction of sp³-hybridized carbons (Fsp3) is 0.625. The number of nitrogens with zero attached hydrogens (tertiary/aromatic N) is 1. The van der Waals surface area contributed by atoms with E-state index < -0.39 is 0 Å². The van der Waals surface area contributed by atoms with Gasteiger partial charge in [-0.05, 0) is 12.5 Å². The molecular weight excluding hydrogens is 126 g/mol. The zero-order chi connectivity index (χ0) is 7.82. The lowest BCUT2D eigenvalue weighted by Crippen LogP contribution is -1.90. The van der Waals surface area contributed by atoms with Crippen molar-refractivity contribution in [3.05, 3.63) is 12.3 Å². The van der Waals surface area contributed by atoms with Gasteiger partial charge in [0.25, 0.3) is 0 Å². The van der Waals surface area contributed by atoms with Crippen LogP contribution in [-0.2, 0) is 4.74 Å². The Labute approximate surface area is 62.1 Å². The molecule has 1 unspecified atom stereocenters. The Hall–Kier alpha value is -0.970. The lowest BCUT2D eigenvalue weighted by molar-refractivity contribution is 0.334. The molecule has 0 aliphatic rings. The van der Waals surface area contributed by atoms with Gasteiger partial charge in [-0.15, -0.1) is 0 Å². The van der Waals surface area contributed by atoms with Crippen LogP contribution in [0, 0.1) is 17.2 Å². The van der Waals surface area contributed by atoms with E-state index in [2.05, 4.69) is 17.7 Å². The van der Waals surface area contributed by atoms with Crippen molar-refractivity contribution in [3.8, 4) is 6.07 Å². The molecule has 0 aliphatic heterocycles. The standard InChI is InChI=1S/C8H13NO/c1-3-4-8(7-9)5-6-10-2/h5-6,8H,3-4H2,1-2H3/b6-5+. The van der Waals surface area contributed by atoms with Crippen molar-refractivity contribution in [2.24, 2.45) is 5.92 Å². The van der Waals surface area contributed by atoms with Crippen LogP contribution in [0.1, 0.15) is 19.8 Å². The molecule has 0 saturated carbocycles. The molecule has 10 heavy (non-hydrogen) atoms. The Morgan fingerprint density at radius 3 is 2.80 bits per heavy atom. The molecule has 0 bridgehead atoms. The summed E-state index contributed by atoms with van der Waals surface area (Å²) in [6.07, 6.45) is 5.29. The maximum Gasteiger partial charge on any atom is 0.0797 e. The first kappa shape index (κ1) is 9.03. The van der Waals surface area contributed by atoms with E-state index in [0.717, 1.165) is 12.8 Å². The van der Waals surface area contributed by atoms with Crippen molar-refractivity contribution < 1.29 is 4.74 Å². The molecule has 0 rings (SSSR count). The van der Waals surface area contributed by atoms with Crippen LogP contribution in [0.15, 0.2) is 12.3 Å². The number of nitriles is 1. The van der Waals surface area contributed by atoms with Crippen LogP contribution >= 0.6 is 0 Å². The molecular formula is C8H13NO. The highest BCUT2D eigenvalue weighted by molar-refractivity contribution is 4.96. The summed E-state index contributed by atoms with van der Waals surface area (Å²) in [7, 11) is 1.58. The molecule has 56 valence electrons. The van der Waals surface area contributed by atoms with Gasteiger partial charge in [-0.25, -0.2) is 0 Å². The molecule has 0 heterocycles. The molecule has 0 saturated heterocycles. The summed E-state index contributed by atoms with van der Waals surface area (Å²) in [5, 5.41) is 8.53. The van der Waals surface area contributed by atoms with E-state index in [1.165, 1.54) is 0 Å².